The van der Waals surface area contributed by atoms with E-state index in [-0.39, 0.29) is 22.3 Å². The van der Waals surface area contributed by atoms with Crippen molar-refractivity contribution >= 4 is 69.3 Å². The second-order valence-electron chi connectivity index (χ2n) is 4.85. The highest BCUT2D eigenvalue weighted by molar-refractivity contribution is 8.22. The van der Waals surface area contributed by atoms with Gasteiger partial charge in [0, 0.05) is 34.0 Å². The van der Waals surface area contributed by atoms with E-state index in [1.54, 1.807) is 19.2 Å². The molecule has 0 heterocycles. The number of halogens is 4. The molecule has 132 valence electrons. The second-order valence-corrected chi connectivity index (χ2v) is 7.71. The molecule has 0 saturated carbocycles. The molecule has 0 unspecified atom stereocenters. The predicted octanol–water partition coefficient (Wildman–Crippen LogP) is 5.98. The van der Waals surface area contributed by atoms with Gasteiger partial charge in [0.25, 0.3) is 0 Å². The number of hydrazone groups is 1. The largest absolute Gasteiger partial charge is 0.506 e. The van der Waals surface area contributed by atoms with Gasteiger partial charge in [0.2, 0.25) is 0 Å². The smallest absolute Gasteiger partial charge is 0.156 e. The average Bonchev–Trinajstić information content (AvgIpc) is 2.55. The van der Waals surface area contributed by atoms with Crippen molar-refractivity contribution in [3.63, 3.8) is 0 Å². The average molecular weight is 438 g/mol. The van der Waals surface area contributed by atoms with E-state index in [4.69, 9.17) is 47.0 Å². The second kappa shape index (κ2) is 9.05. The number of phenols is 1. The Bertz CT molecular complexity index is 813. The van der Waals surface area contributed by atoms with Gasteiger partial charge in [-0.3, -0.25) is 5.01 Å². The quantitative estimate of drug-likeness (QED) is 0.363. The van der Waals surface area contributed by atoms with E-state index in [2.05, 4.69) is 5.10 Å². The maximum atomic E-state index is 13.8. The monoisotopic (exact) mass is 436 g/mol. The molecule has 2 aromatic carbocycles. The van der Waals surface area contributed by atoms with Crippen molar-refractivity contribution in [1.82, 2.24) is 5.01 Å². The summed E-state index contributed by atoms with van der Waals surface area (Å²) in [6, 6.07) is 7.46. The molecule has 0 amide bonds. The zero-order chi connectivity index (χ0) is 18.6. The number of hydrogen-bond donors (Lipinski definition) is 1. The van der Waals surface area contributed by atoms with Gasteiger partial charge in [0.15, 0.2) is 4.32 Å². The Labute approximate surface area is 169 Å². The molecular weight excluding hydrogens is 426 g/mol. The number of thiocarbonyl (C=S) groups is 1. The summed E-state index contributed by atoms with van der Waals surface area (Å²) in [6.07, 6.45) is 1.38. The summed E-state index contributed by atoms with van der Waals surface area (Å²) >= 11 is 24.2. The van der Waals surface area contributed by atoms with Crippen LogP contribution in [-0.4, -0.2) is 27.7 Å². The van der Waals surface area contributed by atoms with Crippen molar-refractivity contribution in [2.75, 3.05) is 7.05 Å². The fraction of sp³-hybridized carbons (Fsp3) is 0.125. The van der Waals surface area contributed by atoms with E-state index in [9.17, 15) is 9.50 Å². The third-order valence-electron chi connectivity index (χ3n) is 3.09. The lowest BCUT2D eigenvalue weighted by Crippen LogP contribution is -2.16. The third-order valence-corrected chi connectivity index (χ3v) is 5.52. The van der Waals surface area contributed by atoms with Crippen LogP contribution in [0, 0.1) is 5.82 Å². The van der Waals surface area contributed by atoms with Crippen LogP contribution >= 0.6 is 58.8 Å². The molecule has 0 aliphatic heterocycles. The zero-order valence-corrected chi connectivity index (χ0v) is 16.7. The highest BCUT2D eigenvalue weighted by atomic mass is 35.5. The molecular formula is C16H12Cl3FN2OS2. The minimum Gasteiger partial charge on any atom is -0.506 e. The molecule has 0 atom stereocenters. The maximum Gasteiger partial charge on any atom is 0.156 e. The number of aromatic hydroxyl groups is 1. The summed E-state index contributed by atoms with van der Waals surface area (Å²) in [6.45, 7) is 0. The van der Waals surface area contributed by atoms with Crippen LogP contribution in [0.5, 0.6) is 5.75 Å². The lowest BCUT2D eigenvalue weighted by Gasteiger charge is -2.14. The van der Waals surface area contributed by atoms with Crippen LogP contribution in [0.15, 0.2) is 35.4 Å². The molecule has 0 spiro atoms. The first-order valence-electron chi connectivity index (χ1n) is 6.85. The van der Waals surface area contributed by atoms with Gasteiger partial charge in [-0.2, -0.15) is 5.10 Å². The molecule has 0 bridgehead atoms. The summed E-state index contributed by atoms with van der Waals surface area (Å²) < 4.78 is 14.2. The summed E-state index contributed by atoms with van der Waals surface area (Å²) in [4.78, 5) is 0. The highest BCUT2D eigenvalue weighted by Gasteiger charge is 2.11. The first-order chi connectivity index (χ1) is 11.8. The molecule has 2 aromatic rings. The fourth-order valence-electron chi connectivity index (χ4n) is 1.78. The van der Waals surface area contributed by atoms with Crippen LogP contribution in [-0.2, 0) is 5.75 Å². The van der Waals surface area contributed by atoms with E-state index >= 15 is 0 Å². The van der Waals surface area contributed by atoms with Crippen molar-refractivity contribution in [3.8, 4) is 5.75 Å². The number of nitrogens with zero attached hydrogens (tertiary/aromatic N) is 2. The Balaban J connectivity index is 2.03. The van der Waals surface area contributed by atoms with Crippen LogP contribution in [0.4, 0.5) is 4.39 Å². The lowest BCUT2D eigenvalue weighted by molar-refractivity contribution is 0.474. The molecule has 9 heteroatoms. The van der Waals surface area contributed by atoms with Crippen LogP contribution in [0.1, 0.15) is 11.1 Å². The minimum absolute atomic E-state index is 0.125. The standard InChI is InChI=1S/C16H12Cl3FN2OS2/c1-22(21-7-9-5-10(17)6-13(19)15(9)23)16(24)25-8-11-12(18)3-2-4-14(11)20/h2-7,23H,8H2,1H3/b21-7+. The van der Waals surface area contributed by atoms with Gasteiger partial charge >= 0.3 is 0 Å². The Kier molecular flexibility index (Phi) is 7.34. The summed E-state index contributed by atoms with van der Waals surface area (Å²) in [7, 11) is 1.64. The van der Waals surface area contributed by atoms with Gasteiger partial charge in [0.1, 0.15) is 11.6 Å². The van der Waals surface area contributed by atoms with Crippen molar-refractivity contribution in [2.24, 2.45) is 5.10 Å². The molecule has 0 saturated heterocycles. The minimum atomic E-state index is -0.382. The Morgan fingerprint density at radius 3 is 2.72 bits per heavy atom. The van der Waals surface area contributed by atoms with Crippen LogP contribution in [0.2, 0.25) is 15.1 Å². The van der Waals surface area contributed by atoms with Crippen LogP contribution in [0.3, 0.4) is 0 Å². The fourth-order valence-corrected chi connectivity index (χ4v) is 3.62. The van der Waals surface area contributed by atoms with Crippen molar-refractivity contribution in [2.45, 2.75) is 5.75 Å². The molecule has 0 radical (unpaired) electrons. The topological polar surface area (TPSA) is 35.8 Å². The van der Waals surface area contributed by atoms with Crippen molar-refractivity contribution in [1.29, 1.82) is 0 Å². The van der Waals surface area contributed by atoms with E-state index in [1.165, 1.54) is 41.2 Å². The number of rotatable bonds is 4. The maximum absolute atomic E-state index is 13.8. The Morgan fingerprint density at radius 2 is 2.04 bits per heavy atom. The Morgan fingerprint density at radius 1 is 1.32 bits per heavy atom. The molecule has 2 rings (SSSR count). The SMILES string of the molecule is CN(/N=C/c1cc(Cl)cc(Cl)c1O)C(=S)SCc1c(F)cccc1Cl. The lowest BCUT2D eigenvalue weighted by atomic mass is 10.2. The van der Waals surface area contributed by atoms with Crippen LogP contribution in [0.25, 0.3) is 0 Å². The molecule has 0 aliphatic carbocycles. The van der Waals surface area contributed by atoms with Crippen molar-refractivity contribution in [3.05, 3.63) is 62.3 Å². The predicted molar refractivity (Wildman–Crippen MR) is 109 cm³/mol. The van der Waals surface area contributed by atoms with Gasteiger partial charge in [-0.05, 0) is 24.3 Å². The van der Waals surface area contributed by atoms with E-state index in [0.717, 1.165) is 0 Å². The highest BCUT2D eigenvalue weighted by Crippen LogP contribution is 2.30. The summed E-state index contributed by atoms with van der Waals surface area (Å²) in [5, 5.41) is 16.3. The third kappa shape index (κ3) is 5.46. The first kappa shape index (κ1) is 20.3. The van der Waals surface area contributed by atoms with E-state index in [0.29, 0.717) is 25.5 Å². The molecule has 0 aliphatic rings. The molecule has 0 fully saturated rings. The van der Waals surface area contributed by atoms with E-state index in [1.807, 2.05) is 0 Å². The first-order valence-corrected chi connectivity index (χ1v) is 9.37. The Hall–Kier alpha value is -1.05. The van der Waals surface area contributed by atoms with Crippen molar-refractivity contribution < 1.29 is 9.50 Å². The molecule has 1 N–H and O–H groups in total. The number of benzene rings is 2. The molecule has 3 nitrogen and oxygen atoms in total. The zero-order valence-electron chi connectivity index (χ0n) is 12.8. The van der Waals surface area contributed by atoms with Gasteiger partial charge in [-0.15, -0.1) is 0 Å². The van der Waals surface area contributed by atoms with Gasteiger partial charge in [-0.25, -0.2) is 4.39 Å². The number of hydrogen-bond acceptors (Lipinski definition) is 4. The number of phenolic OH excluding ortho intramolecular Hbond substituents is 1. The van der Waals surface area contributed by atoms with Crippen LogP contribution < -0.4 is 0 Å². The van der Waals surface area contributed by atoms with Gasteiger partial charge in [-0.1, -0.05) is 64.8 Å². The summed E-state index contributed by atoms with van der Waals surface area (Å²) in [5.41, 5.74) is 0.738. The molecule has 25 heavy (non-hydrogen) atoms. The van der Waals surface area contributed by atoms with E-state index < -0.39 is 0 Å². The van der Waals surface area contributed by atoms with Gasteiger partial charge in [0.05, 0.1) is 11.2 Å². The van der Waals surface area contributed by atoms with Gasteiger partial charge < -0.3 is 5.11 Å². The molecule has 0 aromatic heterocycles. The summed E-state index contributed by atoms with van der Waals surface area (Å²) in [5.74, 6) is -0.231. The normalized spacial score (nSPS) is 11.1. The number of thioether (sulfide) groups is 1.